The van der Waals surface area contributed by atoms with Crippen LogP contribution in [0.5, 0.6) is 0 Å². The monoisotopic (exact) mass is 370 g/mol. The summed E-state index contributed by atoms with van der Waals surface area (Å²) in [7, 11) is 3.29. The van der Waals surface area contributed by atoms with Crippen molar-refractivity contribution >= 4 is 11.8 Å². The third-order valence-electron chi connectivity index (χ3n) is 5.54. The number of carbonyl (C=O) groups excluding carboxylic acids is 2. The molecule has 0 aliphatic carbocycles. The third-order valence-corrected chi connectivity index (χ3v) is 5.54. The zero-order chi connectivity index (χ0) is 19.0. The Kier molecular flexibility index (Phi) is 8.27. The topological polar surface area (TPSA) is 83.1 Å². The normalized spacial score (nSPS) is 22.0. The fraction of sp³-hybridized carbons (Fsp3) is 0.889. The second kappa shape index (κ2) is 10.2. The third kappa shape index (κ3) is 5.16. The lowest BCUT2D eigenvalue weighted by Gasteiger charge is -2.43. The number of amides is 2. The minimum atomic E-state index is -0.683. The smallest absolute Gasteiger partial charge is 0.254 e. The molecule has 0 aromatic heterocycles. The average Bonchev–Trinajstić information content (AvgIpc) is 2.70. The summed E-state index contributed by atoms with van der Waals surface area (Å²) in [4.78, 5) is 29.3. The van der Waals surface area contributed by atoms with Gasteiger partial charge in [-0.25, -0.2) is 0 Å². The van der Waals surface area contributed by atoms with Gasteiger partial charge in [-0.15, -0.1) is 0 Å². The maximum atomic E-state index is 13.0. The van der Waals surface area contributed by atoms with Gasteiger partial charge in [-0.1, -0.05) is 0 Å². The zero-order valence-electron chi connectivity index (χ0n) is 16.4. The number of carbonyl (C=O) groups is 2. The van der Waals surface area contributed by atoms with E-state index in [0.717, 1.165) is 19.5 Å². The molecular weight excluding hydrogens is 336 g/mol. The van der Waals surface area contributed by atoms with Gasteiger partial charge < -0.3 is 25.0 Å². The van der Waals surface area contributed by atoms with Crippen molar-refractivity contribution in [2.24, 2.45) is 0 Å². The predicted octanol–water partition coefficient (Wildman–Crippen LogP) is -0.560. The van der Waals surface area contributed by atoms with E-state index in [-0.39, 0.29) is 17.9 Å². The van der Waals surface area contributed by atoms with E-state index in [2.05, 4.69) is 15.5 Å². The van der Waals surface area contributed by atoms with E-state index in [1.807, 2.05) is 11.8 Å². The Labute approximate surface area is 156 Å². The SMILES string of the molecule is COCCCNC(=O)C(C)N1CCN(C(=O)C2(OC)CCNCC2)CC1. The van der Waals surface area contributed by atoms with E-state index < -0.39 is 5.60 Å². The molecule has 2 fully saturated rings. The highest BCUT2D eigenvalue weighted by molar-refractivity contribution is 5.86. The molecule has 2 saturated heterocycles. The van der Waals surface area contributed by atoms with Gasteiger partial charge in [0.05, 0.1) is 6.04 Å². The van der Waals surface area contributed by atoms with Crippen molar-refractivity contribution in [2.45, 2.75) is 37.8 Å². The van der Waals surface area contributed by atoms with Gasteiger partial charge in [-0.05, 0) is 39.3 Å². The molecule has 2 aliphatic rings. The second-order valence-corrected chi connectivity index (χ2v) is 7.09. The Balaban J connectivity index is 1.80. The fourth-order valence-corrected chi connectivity index (χ4v) is 3.68. The van der Waals surface area contributed by atoms with Gasteiger partial charge in [0, 0.05) is 53.6 Å². The molecule has 2 rings (SSSR count). The summed E-state index contributed by atoms with van der Waals surface area (Å²) in [5.74, 6) is 0.130. The van der Waals surface area contributed by atoms with Gasteiger partial charge in [0.15, 0.2) is 0 Å². The van der Waals surface area contributed by atoms with Gasteiger partial charge >= 0.3 is 0 Å². The van der Waals surface area contributed by atoms with E-state index in [4.69, 9.17) is 9.47 Å². The quantitative estimate of drug-likeness (QED) is 0.558. The average molecular weight is 370 g/mol. The lowest BCUT2D eigenvalue weighted by molar-refractivity contribution is -0.160. The number of methoxy groups -OCH3 is 2. The summed E-state index contributed by atoms with van der Waals surface area (Å²) in [6, 6.07) is -0.190. The Morgan fingerprint density at radius 1 is 1.15 bits per heavy atom. The van der Waals surface area contributed by atoms with Gasteiger partial charge in [0.2, 0.25) is 5.91 Å². The fourth-order valence-electron chi connectivity index (χ4n) is 3.68. The molecular formula is C18H34N4O4. The molecule has 0 aromatic rings. The van der Waals surface area contributed by atoms with E-state index >= 15 is 0 Å². The molecule has 0 spiro atoms. The molecule has 0 radical (unpaired) electrons. The molecule has 0 saturated carbocycles. The summed E-state index contributed by atoms with van der Waals surface area (Å²) >= 11 is 0. The van der Waals surface area contributed by atoms with Crippen molar-refractivity contribution in [3.05, 3.63) is 0 Å². The Hall–Kier alpha value is -1.22. The summed E-state index contributed by atoms with van der Waals surface area (Å²) in [5.41, 5.74) is -0.683. The standard InChI is InChI=1S/C18H34N4O4/c1-15(16(23)20-7-4-14-25-2)21-10-12-22(13-11-21)17(24)18(26-3)5-8-19-9-6-18/h15,19H,4-14H2,1-3H3,(H,20,23). The number of rotatable bonds is 8. The van der Waals surface area contributed by atoms with Crippen LogP contribution in [0.3, 0.4) is 0 Å². The summed E-state index contributed by atoms with van der Waals surface area (Å²) < 4.78 is 10.6. The Bertz CT molecular complexity index is 460. The van der Waals surface area contributed by atoms with Crippen molar-refractivity contribution in [3.63, 3.8) is 0 Å². The summed E-state index contributed by atoms with van der Waals surface area (Å²) in [5, 5.41) is 6.23. The number of hydrogen-bond acceptors (Lipinski definition) is 6. The van der Waals surface area contributed by atoms with Crippen LogP contribution in [0.25, 0.3) is 0 Å². The van der Waals surface area contributed by atoms with E-state index in [9.17, 15) is 9.59 Å². The molecule has 8 nitrogen and oxygen atoms in total. The molecule has 150 valence electrons. The molecule has 2 N–H and O–H groups in total. The highest BCUT2D eigenvalue weighted by Crippen LogP contribution is 2.26. The number of ether oxygens (including phenoxy) is 2. The van der Waals surface area contributed by atoms with Crippen LogP contribution >= 0.6 is 0 Å². The van der Waals surface area contributed by atoms with Crippen LogP contribution in [-0.4, -0.2) is 99.9 Å². The van der Waals surface area contributed by atoms with Crippen molar-refractivity contribution in [1.82, 2.24) is 20.4 Å². The summed E-state index contributed by atoms with van der Waals surface area (Å²) in [6.45, 7) is 7.49. The van der Waals surface area contributed by atoms with E-state index in [0.29, 0.717) is 52.2 Å². The van der Waals surface area contributed by atoms with Gasteiger partial charge in [0.25, 0.3) is 5.91 Å². The Morgan fingerprint density at radius 2 is 1.81 bits per heavy atom. The van der Waals surface area contributed by atoms with Crippen molar-refractivity contribution < 1.29 is 19.1 Å². The lowest BCUT2D eigenvalue weighted by atomic mass is 9.90. The van der Waals surface area contributed by atoms with Crippen LogP contribution in [0.1, 0.15) is 26.2 Å². The van der Waals surface area contributed by atoms with Crippen LogP contribution in [0.15, 0.2) is 0 Å². The Morgan fingerprint density at radius 3 is 2.38 bits per heavy atom. The van der Waals surface area contributed by atoms with Crippen molar-refractivity contribution in [1.29, 1.82) is 0 Å². The first kappa shape index (κ1) is 21.1. The molecule has 1 unspecified atom stereocenters. The molecule has 1 atom stereocenters. The van der Waals surface area contributed by atoms with Gasteiger partial charge in [-0.3, -0.25) is 14.5 Å². The maximum absolute atomic E-state index is 13.0. The largest absolute Gasteiger partial charge is 0.385 e. The van der Waals surface area contributed by atoms with Crippen LogP contribution in [0.2, 0.25) is 0 Å². The molecule has 2 aliphatic heterocycles. The number of nitrogens with zero attached hydrogens (tertiary/aromatic N) is 2. The minimum absolute atomic E-state index is 0.0348. The van der Waals surface area contributed by atoms with Gasteiger partial charge in [-0.2, -0.15) is 0 Å². The predicted molar refractivity (Wildman–Crippen MR) is 99.0 cm³/mol. The molecule has 26 heavy (non-hydrogen) atoms. The summed E-state index contributed by atoms with van der Waals surface area (Å²) in [6.07, 6.45) is 2.23. The number of piperidine rings is 1. The molecule has 0 bridgehead atoms. The molecule has 0 aromatic carbocycles. The number of nitrogens with one attached hydrogen (secondary N) is 2. The highest BCUT2D eigenvalue weighted by Gasteiger charge is 2.43. The first-order valence-corrected chi connectivity index (χ1v) is 9.60. The maximum Gasteiger partial charge on any atom is 0.254 e. The first-order chi connectivity index (χ1) is 12.5. The lowest BCUT2D eigenvalue weighted by Crippen LogP contribution is -2.61. The van der Waals surface area contributed by atoms with Crippen LogP contribution in [0, 0.1) is 0 Å². The van der Waals surface area contributed by atoms with Crippen LogP contribution < -0.4 is 10.6 Å². The molecule has 2 amide bonds. The van der Waals surface area contributed by atoms with Crippen LogP contribution in [-0.2, 0) is 19.1 Å². The van der Waals surface area contributed by atoms with E-state index in [1.165, 1.54) is 0 Å². The second-order valence-electron chi connectivity index (χ2n) is 7.09. The zero-order valence-corrected chi connectivity index (χ0v) is 16.4. The van der Waals surface area contributed by atoms with Crippen molar-refractivity contribution in [2.75, 3.05) is 66.6 Å². The minimum Gasteiger partial charge on any atom is -0.385 e. The number of piperazine rings is 1. The van der Waals surface area contributed by atoms with Gasteiger partial charge in [0.1, 0.15) is 5.60 Å². The van der Waals surface area contributed by atoms with E-state index in [1.54, 1.807) is 14.2 Å². The number of hydrogen-bond donors (Lipinski definition) is 2. The molecule has 8 heteroatoms. The van der Waals surface area contributed by atoms with Crippen LogP contribution in [0.4, 0.5) is 0 Å². The molecule has 2 heterocycles. The first-order valence-electron chi connectivity index (χ1n) is 9.60. The highest BCUT2D eigenvalue weighted by atomic mass is 16.5. The van der Waals surface area contributed by atoms with Crippen molar-refractivity contribution in [3.8, 4) is 0 Å².